The highest BCUT2D eigenvalue weighted by atomic mass is 32.3. The van der Waals surface area contributed by atoms with E-state index in [1.807, 2.05) is 0 Å². The molecule has 0 radical (unpaired) electrons. The van der Waals surface area contributed by atoms with Crippen LogP contribution < -0.4 is 0 Å². The van der Waals surface area contributed by atoms with Gasteiger partial charge in [-0.2, -0.15) is 8.42 Å². The van der Waals surface area contributed by atoms with Crippen molar-refractivity contribution in [2.45, 2.75) is 183 Å². The monoisotopic (exact) mass is 574 g/mol. The van der Waals surface area contributed by atoms with Gasteiger partial charge in [0.05, 0.1) is 13.2 Å². The van der Waals surface area contributed by atoms with Crippen LogP contribution in [0, 0.1) is 23.7 Å². The third-order valence-corrected chi connectivity index (χ3v) is 9.25. The van der Waals surface area contributed by atoms with E-state index in [1.165, 1.54) is 116 Å². The van der Waals surface area contributed by atoms with Crippen LogP contribution in [-0.4, -0.2) is 21.6 Å². The van der Waals surface area contributed by atoms with Crippen LogP contribution >= 0.6 is 0 Å². The Morgan fingerprint density at radius 1 is 0.410 bits per heavy atom. The Labute approximate surface area is 246 Å². The Bertz CT molecular complexity index is 560. The van der Waals surface area contributed by atoms with Crippen LogP contribution in [0.2, 0.25) is 0 Å². The highest BCUT2D eigenvalue weighted by molar-refractivity contribution is 7.81. The molecule has 0 bridgehead atoms. The fourth-order valence-electron chi connectivity index (χ4n) is 5.28. The fourth-order valence-corrected chi connectivity index (χ4v) is 6.15. The first-order valence-corrected chi connectivity index (χ1v) is 18.6. The smallest absolute Gasteiger partial charge is 0.248 e. The van der Waals surface area contributed by atoms with E-state index < -0.39 is 10.4 Å². The quantitative estimate of drug-likeness (QED) is 0.0800. The minimum atomic E-state index is -3.91. The predicted molar refractivity (Wildman–Crippen MR) is 170 cm³/mol. The molecule has 0 N–H and O–H groups in total. The lowest BCUT2D eigenvalue weighted by atomic mass is 9.94. The molecule has 4 atom stereocenters. The molecule has 236 valence electrons. The normalized spacial score (nSPS) is 15.3. The Balaban J connectivity index is 3.80. The van der Waals surface area contributed by atoms with Crippen molar-refractivity contribution in [1.82, 2.24) is 0 Å². The highest BCUT2D eigenvalue weighted by Gasteiger charge is 2.17. The number of unbranched alkanes of at least 4 members (excludes halogenated alkanes) is 14. The molecule has 5 heteroatoms. The van der Waals surface area contributed by atoms with Crippen molar-refractivity contribution < 1.29 is 16.8 Å². The van der Waals surface area contributed by atoms with Gasteiger partial charge in [0.15, 0.2) is 0 Å². The molecule has 4 nitrogen and oxygen atoms in total. The maximum absolute atomic E-state index is 12.2. The number of rotatable bonds is 30. The van der Waals surface area contributed by atoms with Crippen molar-refractivity contribution in [3.8, 4) is 0 Å². The van der Waals surface area contributed by atoms with Crippen molar-refractivity contribution >= 4 is 10.4 Å². The minimum absolute atomic E-state index is 0.219. The lowest BCUT2D eigenvalue weighted by molar-refractivity contribution is 0.167. The summed E-state index contributed by atoms with van der Waals surface area (Å²) in [6.07, 6.45) is 28.6. The van der Waals surface area contributed by atoms with Gasteiger partial charge in [0, 0.05) is 0 Å². The molecule has 0 aromatic rings. The van der Waals surface area contributed by atoms with Crippen LogP contribution in [0.15, 0.2) is 0 Å². The van der Waals surface area contributed by atoms with Gasteiger partial charge in [0.25, 0.3) is 0 Å². The second kappa shape index (κ2) is 26.7. The maximum atomic E-state index is 12.2. The molecule has 0 rings (SSSR count). The van der Waals surface area contributed by atoms with Gasteiger partial charge in [-0.15, -0.1) is 0 Å². The van der Waals surface area contributed by atoms with Crippen molar-refractivity contribution in [3.63, 3.8) is 0 Å². The Morgan fingerprint density at radius 3 is 1.03 bits per heavy atom. The van der Waals surface area contributed by atoms with E-state index in [0.29, 0.717) is 11.8 Å². The molecule has 0 spiro atoms. The Hall–Kier alpha value is -0.130. The first-order valence-electron chi connectivity index (χ1n) is 17.2. The van der Waals surface area contributed by atoms with E-state index in [-0.39, 0.29) is 25.0 Å². The molecule has 0 aliphatic carbocycles. The summed E-state index contributed by atoms with van der Waals surface area (Å²) in [7, 11) is -3.91. The van der Waals surface area contributed by atoms with E-state index in [0.717, 1.165) is 25.7 Å². The molecule has 0 aromatic heterocycles. The van der Waals surface area contributed by atoms with Crippen LogP contribution in [0.5, 0.6) is 0 Å². The average Bonchev–Trinajstić information content (AvgIpc) is 2.91. The lowest BCUT2D eigenvalue weighted by Crippen LogP contribution is -2.18. The van der Waals surface area contributed by atoms with E-state index in [4.69, 9.17) is 8.37 Å². The fraction of sp³-hybridized carbons (Fsp3) is 1.00. The number of hydrogen-bond donors (Lipinski definition) is 0. The lowest BCUT2D eigenvalue weighted by Gasteiger charge is -2.17. The molecule has 0 heterocycles. The standard InChI is InChI=1S/C34H70O4S/c1-7-9-11-13-15-17-19-21-23-31(3)25-27-33(5)29-37-39(35,36)38-30-34(6)28-26-32(4)24-22-20-18-16-14-12-10-8-2/h31-34H,7-30H2,1-6H3. The summed E-state index contributed by atoms with van der Waals surface area (Å²) in [5.41, 5.74) is 0. The van der Waals surface area contributed by atoms with Crippen LogP contribution in [0.25, 0.3) is 0 Å². The third-order valence-electron chi connectivity index (χ3n) is 8.40. The zero-order valence-electron chi connectivity index (χ0n) is 27.3. The van der Waals surface area contributed by atoms with Crippen molar-refractivity contribution in [2.75, 3.05) is 13.2 Å². The maximum Gasteiger partial charge on any atom is 0.399 e. The minimum Gasteiger partial charge on any atom is -0.248 e. The second-order valence-corrected chi connectivity index (χ2v) is 14.4. The van der Waals surface area contributed by atoms with Crippen LogP contribution in [0.4, 0.5) is 0 Å². The first kappa shape index (κ1) is 38.9. The summed E-state index contributed by atoms with van der Waals surface area (Å²) in [6, 6.07) is 0. The molecule has 0 aliphatic heterocycles. The van der Waals surface area contributed by atoms with Gasteiger partial charge in [0.1, 0.15) is 0 Å². The summed E-state index contributed by atoms with van der Waals surface area (Å²) >= 11 is 0. The molecule has 4 unspecified atom stereocenters. The molecular weight excluding hydrogens is 504 g/mol. The van der Waals surface area contributed by atoms with Gasteiger partial charge in [-0.3, -0.25) is 0 Å². The summed E-state index contributed by atoms with van der Waals surface area (Å²) < 4.78 is 34.9. The highest BCUT2D eigenvalue weighted by Crippen LogP contribution is 2.22. The van der Waals surface area contributed by atoms with Crippen LogP contribution in [0.3, 0.4) is 0 Å². The average molecular weight is 575 g/mol. The second-order valence-electron chi connectivity index (χ2n) is 13.1. The van der Waals surface area contributed by atoms with E-state index in [1.54, 1.807) is 0 Å². The SMILES string of the molecule is CCCCCCCCCCC(C)CCC(C)COS(=O)(=O)OCC(C)CCC(C)CCCCCCCCCC. The van der Waals surface area contributed by atoms with Gasteiger partial charge in [-0.25, -0.2) is 8.37 Å². The van der Waals surface area contributed by atoms with E-state index in [9.17, 15) is 8.42 Å². The summed E-state index contributed by atoms with van der Waals surface area (Å²) in [5, 5.41) is 0. The molecule has 0 saturated carbocycles. The zero-order valence-corrected chi connectivity index (χ0v) is 28.1. The van der Waals surface area contributed by atoms with Gasteiger partial charge < -0.3 is 0 Å². The van der Waals surface area contributed by atoms with Crippen molar-refractivity contribution in [1.29, 1.82) is 0 Å². The van der Waals surface area contributed by atoms with Crippen molar-refractivity contribution in [3.05, 3.63) is 0 Å². The predicted octanol–water partition coefficient (Wildman–Crippen LogP) is 11.4. The Kier molecular flexibility index (Phi) is 26.7. The van der Waals surface area contributed by atoms with Crippen LogP contribution in [0.1, 0.15) is 183 Å². The van der Waals surface area contributed by atoms with E-state index in [2.05, 4.69) is 41.5 Å². The zero-order chi connectivity index (χ0) is 29.2. The molecule has 0 aromatic carbocycles. The van der Waals surface area contributed by atoms with Gasteiger partial charge in [0.2, 0.25) is 0 Å². The largest absolute Gasteiger partial charge is 0.399 e. The number of hydrogen-bond acceptors (Lipinski definition) is 4. The summed E-state index contributed by atoms with van der Waals surface area (Å²) in [6.45, 7) is 13.8. The molecule has 0 aliphatic rings. The van der Waals surface area contributed by atoms with Gasteiger partial charge >= 0.3 is 10.4 Å². The van der Waals surface area contributed by atoms with Gasteiger partial charge in [-0.1, -0.05) is 170 Å². The topological polar surface area (TPSA) is 52.6 Å². The molecule has 39 heavy (non-hydrogen) atoms. The molecule has 0 fully saturated rings. The molecule has 0 amide bonds. The van der Waals surface area contributed by atoms with Crippen molar-refractivity contribution in [2.24, 2.45) is 23.7 Å². The molecular formula is C34H70O4S. The molecule has 0 saturated heterocycles. The third kappa shape index (κ3) is 27.8. The van der Waals surface area contributed by atoms with Crippen LogP contribution in [-0.2, 0) is 18.8 Å². The Morgan fingerprint density at radius 2 is 0.692 bits per heavy atom. The summed E-state index contributed by atoms with van der Waals surface area (Å²) in [4.78, 5) is 0. The van der Waals surface area contributed by atoms with Gasteiger partial charge in [-0.05, 0) is 36.5 Å². The summed E-state index contributed by atoms with van der Waals surface area (Å²) in [5.74, 6) is 1.83. The van der Waals surface area contributed by atoms with E-state index >= 15 is 0 Å². The first-order chi connectivity index (χ1) is 18.7.